The van der Waals surface area contributed by atoms with Gasteiger partial charge in [0.15, 0.2) is 0 Å². The number of hydrogen-bond acceptors (Lipinski definition) is 6. The van der Waals surface area contributed by atoms with Gasteiger partial charge in [-0.2, -0.15) is 0 Å². The topological polar surface area (TPSA) is 105 Å². The van der Waals surface area contributed by atoms with Crippen molar-refractivity contribution in [2.24, 2.45) is 0 Å². The number of hydrogen-bond donors (Lipinski definition) is 2. The fraction of sp³-hybridized carbons (Fsp3) is 0.167. The number of anilines is 1. The summed E-state index contributed by atoms with van der Waals surface area (Å²) < 4.78 is 0. The molecule has 0 saturated carbocycles. The van der Waals surface area contributed by atoms with Crippen molar-refractivity contribution in [3.05, 3.63) is 23.2 Å². The van der Waals surface area contributed by atoms with E-state index in [1.54, 1.807) is 18.3 Å². The first-order valence-electron chi connectivity index (χ1n) is 5.81. The van der Waals surface area contributed by atoms with E-state index in [-0.39, 0.29) is 13.1 Å². The molecule has 0 spiro atoms. The van der Waals surface area contributed by atoms with E-state index in [1.807, 2.05) is 0 Å². The van der Waals surface area contributed by atoms with Crippen LogP contribution in [0, 0.1) is 0 Å². The molecule has 0 aromatic carbocycles. The minimum Gasteiger partial charge on any atom is -0.397 e. The molecule has 3 rings (SSSR count). The summed E-state index contributed by atoms with van der Waals surface area (Å²) in [6.07, 6.45) is 1.62. The van der Waals surface area contributed by atoms with Gasteiger partial charge in [0.1, 0.15) is 22.8 Å². The van der Waals surface area contributed by atoms with Crippen LogP contribution in [0.15, 0.2) is 18.3 Å². The number of carbonyl (C=O) groups is 3. The molecule has 1 fully saturated rings. The molecule has 0 unspecified atom stereocenters. The summed E-state index contributed by atoms with van der Waals surface area (Å²) in [6, 6.07) is 3.51. The Balaban J connectivity index is 1.98. The molecule has 0 atom stereocenters. The Morgan fingerprint density at radius 1 is 1.35 bits per heavy atom. The first kappa shape index (κ1) is 12.5. The summed E-state index contributed by atoms with van der Waals surface area (Å²) in [4.78, 5) is 41.3. The fourth-order valence-electron chi connectivity index (χ4n) is 2.03. The third kappa shape index (κ3) is 1.99. The molecule has 2 aromatic heterocycles. The van der Waals surface area contributed by atoms with E-state index in [0.29, 0.717) is 20.8 Å². The lowest BCUT2D eigenvalue weighted by Gasteiger charge is -2.25. The van der Waals surface area contributed by atoms with Gasteiger partial charge in [0.25, 0.3) is 5.91 Å². The molecule has 0 bridgehead atoms. The zero-order chi connectivity index (χ0) is 14.3. The van der Waals surface area contributed by atoms with Gasteiger partial charge >= 0.3 is 0 Å². The molecule has 0 aliphatic carbocycles. The van der Waals surface area contributed by atoms with Crippen LogP contribution in [0.4, 0.5) is 5.69 Å². The zero-order valence-electron chi connectivity index (χ0n) is 10.3. The van der Waals surface area contributed by atoms with Crippen molar-refractivity contribution in [3.8, 4) is 0 Å². The maximum absolute atomic E-state index is 12.4. The quantitative estimate of drug-likeness (QED) is 0.718. The zero-order valence-corrected chi connectivity index (χ0v) is 11.1. The second-order valence-electron chi connectivity index (χ2n) is 4.33. The monoisotopic (exact) mass is 290 g/mol. The SMILES string of the molecule is Nc1c(C(=O)N2CC(=O)NC(=O)C2)sc2ncccc12. The van der Waals surface area contributed by atoms with Crippen molar-refractivity contribution in [1.82, 2.24) is 15.2 Å². The van der Waals surface area contributed by atoms with Crippen LogP contribution in [0.5, 0.6) is 0 Å². The van der Waals surface area contributed by atoms with Gasteiger partial charge in [-0.25, -0.2) is 4.98 Å². The van der Waals surface area contributed by atoms with E-state index in [4.69, 9.17) is 5.73 Å². The van der Waals surface area contributed by atoms with Gasteiger partial charge in [0.05, 0.1) is 5.69 Å². The van der Waals surface area contributed by atoms with E-state index in [1.165, 1.54) is 4.90 Å². The number of nitrogens with one attached hydrogen (secondary N) is 1. The highest BCUT2D eigenvalue weighted by Gasteiger charge is 2.29. The molecule has 8 heteroatoms. The predicted octanol–water partition coefficient (Wildman–Crippen LogP) is -0.0229. The molecule has 2 aromatic rings. The second-order valence-corrected chi connectivity index (χ2v) is 5.33. The maximum Gasteiger partial charge on any atom is 0.267 e. The standard InChI is InChI=1S/C12H10N4O3S/c13-9-6-2-1-3-14-11(6)20-10(9)12(19)16-4-7(17)15-8(18)5-16/h1-3H,4-5,13H2,(H,15,17,18). The van der Waals surface area contributed by atoms with Crippen molar-refractivity contribution in [1.29, 1.82) is 0 Å². The predicted molar refractivity (Wildman–Crippen MR) is 73.1 cm³/mol. The highest BCUT2D eigenvalue weighted by Crippen LogP contribution is 2.32. The van der Waals surface area contributed by atoms with Crippen LogP contribution in [0.25, 0.3) is 10.2 Å². The Hall–Kier alpha value is -2.48. The summed E-state index contributed by atoms with van der Waals surface area (Å²) in [7, 11) is 0. The van der Waals surface area contributed by atoms with Crippen LogP contribution in [-0.4, -0.2) is 40.7 Å². The van der Waals surface area contributed by atoms with E-state index in [0.717, 1.165) is 11.3 Å². The maximum atomic E-state index is 12.4. The Morgan fingerprint density at radius 2 is 2.05 bits per heavy atom. The van der Waals surface area contributed by atoms with Crippen molar-refractivity contribution < 1.29 is 14.4 Å². The van der Waals surface area contributed by atoms with E-state index in [9.17, 15) is 14.4 Å². The third-order valence-electron chi connectivity index (χ3n) is 2.93. The Morgan fingerprint density at radius 3 is 2.70 bits per heavy atom. The Labute approximate surface area is 117 Å². The first-order chi connectivity index (χ1) is 9.56. The number of pyridine rings is 1. The number of nitrogens with two attached hydrogens (primary N) is 1. The van der Waals surface area contributed by atoms with Gasteiger partial charge in [0.2, 0.25) is 11.8 Å². The highest BCUT2D eigenvalue weighted by atomic mass is 32.1. The molecule has 102 valence electrons. The minimum absolute atomic E-state index is 0.147. The van der Waals surface area contributed by atoms with Crippen LogP contribution in [-0.2, 0) is 9.59 Å². The number of aromatic nitrogens is 1. The van der Waals surface area contributed by atoms with Gasteiger partial charge in [-0.3, -0.25) is 19.7 Å². The number of thiophene rings is 1. The Bertz CT molecular complexity index is 723. The lowest BCUT2D eigenvalue weighted by molar-refractivity contribution is -0.135. The van der Waals surface area contributed by atoms with Gasteiger partial charge < -0.3 is 10.6 Å². The summed E-state index contributed by atoms with van der Waals surface area (Å²) in [6.45, 7) is -0.294. The molecule has 1 saturated heterocycles. The molecular weight excluding hydrogens is 280 g/mol. The molecular formula is C12H10N4O3S. The van der Waals surface area contributed by atoms with E-state index in [2.05, 4.69) is 10.3 Å². The average molecular weight is 290 g/mol. The van der Waals surface area contributed by atoms with Crippen molar-refractivity contribution in [3.63, 3.8) is 0 Å². The average Bonchev–Trinajstić information content (AvgIpc) is 2.75. The van der Waals surface area contributed by atoms with Gasteiger partial charge in [-0.1, -0.05) is 0 Å². The van der Waals surface area contributed by atoms with E-state index < -0.39 is 17.7 Å². The summed E-state index contributed by atoms with van der Waals surface area (Å²) in [5, 5.41) is 2.85. The molecule has 1 aliphatic heterocycles. The van der Waals surface area contributed by atoms with Gasteiger partial charge in [-0.05, 0) is 12.1 Å². The summed E-state index contributed by atoms with van der Waals surface area (Å²) >= 11 is 1.16. The van der Waals surface area contributed by atoms with Crippen molar-refractivity contribution in [2.75, 3.05) is 18.8 Å². The Kier molecular flexibility index (Phi) is 2.87. The lowest BCUT2D eigenvalue weighted by Crippen LogP contribution is -2.53. The number of piperazine rings is 1. The molecule has 3 N–H and O–H groups in total. The van der Waals surface area contributed by atoms with Gasteiger partial charge in [-0.15, -0.1) is 11.3 Å². The summed E-state index contributed by atoms with van der Waals surface area (Å²) in [5.41, 5.74) is 6.29. The smallest absolute Gasteiger partial charge is 0.267 e. The van der Waals surface area contributed by atoms with Crippen molar-refractivity contribution in [2.45, 2.75) is 0 Å². The highest BCUT2D eigenvalue weighted by molar-refractivity contribution is 7.21. The van der Waals surface area contributed by atoms with E-state index >= 15 is 0 Å². The lowest BCUT2D eigenvalue weighted by atomic mass is 10.2. The van der Waals surface area contributed by atoms with Crippen LogP contribution >= 0.6 is 11.3 Å². The number of imide groups is 1. The second kappa shape index (κ2) is 4.57. The fourth-order valence-corrected chi connectivity index (χ4v) is 3.07. The van der Waals surface area contributed by atoms with Crippen LogP contribution in [0.3, 0.4) is 0 Å². The molecule has 3 heterocycles. The van der Waals surface area contributed by atoms with Crippen LogP contribution < -0.4 is 11.1 Å². The third-order valence-corrected chi connectivity index (χ3v) is 4.05. The molecule has 20 heavy (non-hydrogen) atoms. The van der Waals surface area contributed by atoms with Crippen LogP contribution in [0.2, 0.25) is 0 Å². The van der Waals surface area contributed by atoms with Crippen molar-refractivity contribution >= 4 is 45.0 Å². The number of nitrogens with zero attached hydrogens (tertiary/aromatic N) is 2. The number of fused-ring (bicyclic) bond motifs is 1. The molecule has 7 nitrogen and oxygen atoms in total. The summed E-state index contributed by atoms with van der Waals surface area (Å²) in [5.74, 6) is -1.41. The number of amides is 3. The minimum atomic E-state index is -0.493. The largest absolute Gasteiger partial charge is 0.397 e. The van der Waals surface area contributed by atoms with Crippen LogP contribution in [0.1, 0.15) is 9.67 Å². The normalized spacial score (nSPS) is 15.5. The number of nitrogen functional groups attached to an aromatic ring is 1. The molecule has 0 radical (unpaired) electrons. The number of carbonyl (C=O) groups excluding carboxylic acids is 3. The molecule has 1 aliphatic rings. The van der Waals surface area contributed by atoms with Gasteiger partial charge in [0, 0.05) is 11.6 Å². The number of rotatable bonds is 1. The molecule has 3 amide bonds. The first-order valence-corrected chi connectivity index (χ1v) is 6.63.